The molecule has 3 nitrogen and oxygen atoms in total. The normalized spacial score (nSPS) is 18.4. The molecular weight excluding hydrogens is 272 g/mol. The van der Waals surface area contributed by atoms with Gasteiger partial charge in [-0.2, -0.15) is 0 Å². The highest BCUT2D eigenvalue weighted by molar-refractivity contribution is 6.30. The Morgan fingerprint density at radius 3 is 2.85 bits per heavy atom. The Hall–Kier alpha value is -0.610. The van der Waals surface area contributed by atoms with Crippen LogP contribution in [0.3, 0.4) is 0 Å². The van der Waals surface area contributed by atoms with Crippen molar-refractivity contribution in [1.29, 1.82) is 0 Å². The van der Waals surface area contributed by atoms with Gasteiger partial charge in [-0.05, 0) is 44.5 Å². The Morgan fingerprint density at radius 1 is 1.40 bits per heavy atom. The highest BCUT2D eigenvalue weighted by Crippen LogP contribution is 2.21. The highest BCUT2D eigenvalue weighted by Gasteiger charge is 2.15. The molecule has 1 unspecified atom stereocenters. The van der Waals surface area contributed by atoms with Crippen molar-refractivity contribution in [3.8, 4) is 0 Å². The summed E-state index contributed by atoms with van der Waals surface area (Å²) in [6.07, 6.45) is 2.27. The molecule has 0 bridgehead atoms. The molecule has 0 amide bonds. The van der Waals surface area contributed by atoms with Crippen molar-refractivity contribution in [2.75, 3.05) is 33.4 Å². The lowest BCUT2D eigenvalue weighted by atomic mass is 10.1. The number of hydrogen-bond donors (Lipinski definition) is 1. The summed E-state index contributed by atoms with van der Waals surface area (Å²) in [6.45, 7) is 6.07. The first-order valence-corrected chi connectivity index (χ1v) is 7.81. The molecule has 1 atom stereocenters. The molecule has 0 radical (unpaired) electrons. The van der Waals surface area contributed by atoms with E-state index in [0.717, 1.165) is 44.2 Å². The topological polar surface area (TPSA) is 24.5 Å². The first-order chi connectivity index (χ1) is 9.66. The summed E-state index contributed by atoms with van der Waals surface area (Å²) in [7, 11) is 2.16. The van der Waals surface area contributed by atoms with Crippen molar-refractivity contribution in [3.05, 3.63) is 34.9 Å². The van der Waals surface area contributed by atoms with Crippen molar-refractivity contribution >= 4 is 11.6 Å². The second kappa shape index (κ2) is 7.99. The van der Waals surface area contributed by atoms with E-state index in [1.165, 1.54) is 5.56 Å². The third-order valence-electron chi connectivity index (χ3n) is 4.11. The van der Waals surface area contributed by atoms with E-state index < -0.39 is 0 Å². The zero-order valence-corrected chi connectivity index (χ0v) is 13.2. The summed E-state index contributed by atoms with van der Waals surface area (Å²) in [5, 5.41) is 4.43. The van der Waals surface area contributed by atoms with Crippen LogP contribution >= 0.6 is 11.6 Å². The highest BCUT2D eigenvalue weighted by atomic mass is 35.5. The van der Waals surface area contributed by atoms with Gasteiger partial charge >= 0.3 is 0 Å². The molecule has 4 heteroatoms. The van der Waals surface area contributed by atoms with Crippen LogP contribution in [-0.2, 0) is 4.74 Å². The summed E-state index contributed by atoms with van der Waals surface area (Å²) in [6, 6.07) is 9.13. The van der Waals surface area contributed by atoms with Gasteiger partial charge in [-0.3, -0.25) is 4.90 Å². The molecule has 112 valence electrons. The maximum atomic E-state index is 6.06. The smallest absolute Gasteiger partial charge is 0.0480 e. The van der Waals surface area contributed by atoms with Gasteiger partial charge in [-0.1, -0.05) is 23.7 Å². The minimum absolute atomic E-state index is 0.380. The van der Waals surface area contributed by atoms with Gasteiger partial charge in [0.2, 0.25) is 0 Å². The van der Waals surface area contributed by atoms with Crippen LogP contribution < -0.4 is 5.32 Å². The molecule has 1 aromatic carbocycles. The Bertz CT molecular complexity index is 407. The zero-order valence-electron chi connectivity index (χ0n) is 12.4. The van der Waals surface area contributed by atoms with E-state index in [-0.39, 0.29) is 0 Å². The molecule has 1 fully saturated rings. The van der Waals surface area contributed by atoms with Crippen molar-refractivity contribution in [2.45, 2.75) is 31.8 Å². The second-order valence-corrected chi connectivity index (χ2v) is 5.99. The molecule has 1 aliphatic heterocycles. The molecule has 0 spiro atoms. The zero-order chi connectivity index (χ0) is 14.4. The number of benzene rings is 1. The second-order valence-electron chi connectivity index (χ2n) is 5.55. The summed E-state index contributed by atoms with van der Waals surface area (Å²) in [5.74, 6) is 0. The van der Waals surface area contributed by atoms with Crippen molar-refractivity contribution in [1.82, 2.24) is 10.2 Å². The summed E-state index contributed by atoms with van der Waals surface area (Å²) in [5.41, 5.74) is 1.27. The lowest BCUT2D eigenvalue weighted by molar-refractivity contribution is 0.0771. The SMILES string of the molecule is CC(c1cccc(Cl)c1)N(C)CCNC1CCOCC1. The minimum Gasteiger partial charge on any atom is -0.381 e. The number of hydrogen-bond acceptors (Lipinski definition) is 3. The van der Waals surface area contributed by atoms with Crippen LogP contribution in [0.5, 0.6) is 0 Å². The average Bonchev–Trinajstić information content (AvgIpc) is 2.47. The first kappa shape index (κ1) is 15.8. The molecule has 2 rings (SSSR count). The average molecular weight is 297 g/mol. The van der Waals surface area contributed by atoms with E-state index in [9.17, 15) is 0 Å². The number of likely N-dealkylation sites (N-methyl/N-ethyl adjacent to an activating group) is 1. The van der Waals surface area contributed by atoms with Gasteiger partial charge in [-0.25, -0.2) is 0 Å². The molecule has 0 aromatic heterocycles. The molecule has 1 N–H and O–H groups in total. The number of ether oxygens (including phenoxy) is 1. The van der Waals surface area contributed by atoms with E-state index >= 15 is 0 Å². The molecule has 0 aliphatic carbocycles. The molecular formula is C16H25ClN2O. The predicted molar refractivity (Wildman–Crippen MR) is 84.3 cm³/mol. The number of rotatable bonds is 6. The fraction of sp³-hybridized carbons (Fsp3) is 0.625. The molecule has 1 heterocycles. The largest absolute Gasteiger partial charge is 0.381 e. The van der Waals surface area contributed by atoms with Gasteiger partial charge in [0.05, 0.1) is 0 Å². The van der Waals surface area contributed by atoms with E-state index in [0.29, 0.717) is 12.1 Å². The van der Waals surface area contributed by atoms with Crippen molar-refractivity contribution in [3.63, 3.8) is 0 Å². The van der Waals surface area contributed by atoms with Crippen LogP contribution in [0.2, 0.25) is 5.02 Å². The van der Waals surface area contributed by atoms with Crippen molar-refractivity contribution < 1.29 is 4.74 Å². The van der Waals surface area contributed by atoms with Crippen LogP contribution in [0.25, 0.3) is 0 Å². The lowest BCUT2D eigenvalue weighted by Gasteiger charge is -2.28. The summed E-state index contributed by atoms with van der Waals surface area (Å²) >= 11 is 6.06. The Morgan fingerprint density at radius 2 is 2.15 bits per heavy atom. The van der Waals surface area contributed by atoms with Crippen LogP contribution in [-0.4, -0.2) is 44.3 Å². The van der Waals surface area contributed by atoms with E-state index in [4.69, 9.17) is 16.3 Å². The Labute approximate surface area is 127 Å². The van der Waals surface area contributed by atoms with Crippen LogP contribution in [0.1, 0.15) is 31.4 Å². The number of nitrogens with zero attached hydrogens (tertiary/aromatic N) is 1. The quantitative estimate of drug-likeness (QED) is 0.873. The standard InChI is InChI=1S/C16H25ClN2O/c1-13(14-4-3-5-15(17)12-14)19(2)9-8-18-16-6-10-20-11-7-16/h3-5,12-13,16,18H,6-11H2,1-2H3. The van der Waals surface area contributed by atoms with Gasteiger partial charge in [-0.15, -0.1) is 0 Å². The van der Waals surface area contributed by atoms with Crippen LogP contribution in [0.4, 0.5) is 0 Å². The number of nitrogens with one attached hydrogen (secondary N) is 1. The van der Waals surface area contributed by atoms with Gasteiger partial charge in [0.1, 0.15) is 0 Å². The monoisotopic (exact) mass is 296 g/mol. The van der Waals surface area contributed by atoms with Crippen LogP contribution in [0, 0.1) is 0 Å². The summed E-state index contributed by atoms with van der Waals surface area (Å²) in [4.78, 5) is 2.36. The third-order valence-corrected chi connectivity index (χ3v) is 4.35. The van der Waals surface area contributed by atoms with Gasteiger partial charge in [0.25, 0.3) is 0 Å². The molecule has 20 heavy (non-hydrogen) atoms. The molecule has 1 aromatic rings. The molecule has 1 aliphatic rings. The minimum atomic E-state index is 0.380. The van der Waals surface area contributed by atoms with E-state index in [1.807, 2.05) is 12.1 Å². The van der Waals surface area contributed by atoms with Crippen molar-refractivity contribution in [2.24, 2.45) is 0 Å². The first-order valence-electron chi connectivity index (χ1n) is 7.43. The van der Waals surface area contributed by atoms with Gasteiger partial charge in [0.15, 0.2) is 0 Å². The number of halogens is 1. The predicted octanol–water partition coefficient (Wildman–Crippen LogP) is 3.10. The Kier molecular flexibility index (Phi) is 6.30. The third kappa shape index (κ3) is 4.74. The fourth-order valence-corrected chi connectivity index (χ4v) is 2.76. The fourth-order valence-electron chi connectivity index (χ4n) is 2.56. The van der Waals surface area contributed by atoms with E-state index in [2.05, 4.69) is 36.3 Å². The van der Waals surface area contributed by atoms with Crippen LogP contribution in [0.15, 0.2) is 24.3 Å². The Balaban J connectivity index is 1.74. The van der Waals surface area contributed by atoms with Gasteiger partial charge in [0, 0.05) is 43.4 Å². The lowest BCUT2D eigenvalue weighted by Crippen LogP contribution is -2.39. The van der Waals surface area contributed by atoms with Gasteiger partial charge < -0.3 is 10.1 Å². The van der Waals surface area contributed by atoms with E-state index in [1.54, 1.807) is 0 Å². The molecule has 1 saturated heterocycles. The maximum Gasteiger partial charge on any atom is 0.0480 e. The summed E-state index contributed by atoms with van der Waals surface area (Å²) < 4.78 is 5.37. The molecule has 0 saturated carbocycles. The maximum absolute atomic E-state index is 6.06.